The first kappa shape index (κ1) is 15.3. The van der Waals surface area contributed by atoms with Gasteiger partial charge in [0.1, 0.15) is 12.3 Å². The standard InChI is InChI=1S/C16H14N6O2/c1-24-12-4-2-3-11(9-12)13-5-6-15-19-14(10-22(15)21-13)20-16(23)18-8-7-17/h2-6,9-10H,8H2,1H3,(H2,18,20,23). The quantitative estimate of drug-likeness (QED) is 0.715. The molecular weight excluding hydrogens is 308 g/mol. The van der Waals surface area contributed by atoms with Gasteiger partial charge in [-0.2, -0.15) is 10.4 Å². The topological polar surface area (TPSA) is 104 Å². The average Bonchev–Trinajstić information content (AvgIpc) is 3.01. The fourth-order valence-corrected chi connectivity index (χ4v) is 2.16. The number of nitrogens with zero attached hydrogens (tertiary/aromatic N) is 4. The molecule has 0 saturated heterocycles. The molecule has 8 heteroatoms. The van der Waals surface area contributed by atoms with Gasteiger partial charge in [-0.1, -0.05) is 12.1 Å². The summed E-state index contributed by atoms with van der Waals surface area (Å²) in [7, 11) is 1.61. The van der Waals surface area contributed by atoms with Crippen LogP contribution in [-0.2, 0) is 0 Å². The number of methoxy groups -OCH3 is 1. The molecule has 3 aromatic rings. The molecule has 0 aliphatic heterocycles. The predicted octanol–water partition coefficient (Wildman–Crippen LogP) is 2.05. The van der Waals surface area contributed by atoms with Crippen molar-refractivity contribution in [2.45, 2.75) is 0 Å². The molecule has 0 saturated carbocycles. The molecule has 0 radical (unpaired) electrons. The number of hydrogen-bond donors (Lipinski definition) is 2. The second-order valence-corrected chi connectivity index (χ2v) is 4.85. The lowest BCUT2D eigenvalue weighted by Crippen LogP contribution is -2.28. The lowest BCUT2D eigenvalue weighted by atomic mass is 10.1. The maximum absolute atomic E-state index is 11.6. The Bertz CT molecular complexity index is 928. The van der Waals surface area contributed by atoms with E-state index in [0.29, 0.717) is 11.5 Å². The lowest BCUT2D eigenvalue weighted by Gasteiger charge is -2.04. The Morgan fingerprint density at radius 3 is 3.04 bits per heavy atom. The maximum atomic E-state index is 11.6. The number of carbonyl (C=O) groups excluding carboxylic acids is 1. The minimum Gasteiger partial charge on any atom is -0.497 e. The van der Waals surface area contributed by atoms with Crippen molar-refractivity contribution in [3.63, 3.8) is 0 Å². The molecule has 2 N–H and O–H groups in total. The van der Waals surface area contributed by atoms with Gasteiger partial charge in [0.2, 0.25) is 0 Å². The van der Waals surface area contributed by atoms with Gasteiger partial charge in [-0.15, -0.1) is 0 Å². The molecule has 3 rings (SSSR count). The third-order valence-corrected chi connectivity index (χ3v) is 3.26. The first-order valence-corrected chi connectivity index (χ1v) is 7.12. The highest BCUT2D eigenvalue weighted by Gasteiger charge is 2.08. The van der Waals surface area contributed by atoms with Crippen molar-refractivity contribution in [1.29, 1.82) is 5.26 Å². The summed E-state index contributed by atoms with van der Waals surface area (Å²) in [5.74, 6) is 1.09. The molecular formula is C16H14N6O2. The number of rotatable bonds is 4. The molecule has 120 valence electrons. The number of amides is 2. The largest absolute Gasteiger partial charge is 0.497 e. The van der Waals surface area contributed by atoms with E-state index in [9.17, 15) is 4.79 Å². The van der Waals surface area contributed by atoms with Crippen LogP contribution in [0.4, 0.5) is 10.6 Å². The van der Waals surface area contributed by atoms with E-state index < -0.39 is 6.03 Å². The van der Waals surface area contributed by atoms with Crippen molar-refractivity contribution in [3.05, 3.63) is 42.6 Å². The van der Waals surface area contributed by atoms with Crippen LogP contribution >= 0.6 is 0 Å². The second kappa shape index (κ2) is 6.66. The minimum absolute atomic E-state index is 0.0720. The molecule has 1 aromatic carbocycles. The van der Waals surface area contributed by atoms with E-state index >= 15 is 0 Å². The Morgan fingerprint density at radius 2 is 2.25 bits per heavy atom. The van der Waals surface area contributed by atoms with Crippen LogP contribution in [0.3, 0.4) is 0 Å². The summed E-state index contributed by atoms with van der Waals surface area (Å²) in [6.07, 6.45) is 1.60. The minimum atomic E-state index is -0.493. The molecule has 2 aromatic heterocycles. The van der Waals surface area contributed by atoms with Crippen molar-refractivity contribution in [2.75, 3.05) is 19.0 Å². The molecule has 0 atom stereocenters. The smallest absolute Gasteiger partial charge is 0.321 e. The molecule has 24 heavy (non-hydrogen) atoms. The van der Waals surface area contributed by atoms with Crippen molar-refractivity contribution < 1.29 is 9.53 Å². The molecule has 2 amide bonds. The number of hydrogen-bond acceptors (Lipinski definition) is 5. The number of urea groups is 1. The van der Waals surface area contributed by atoms with Gasteiger partial charge in [-0.3, -0.25) is 5.32 Å². The van der Waals surface area contributed by atoms with Gasteiger partial charge in [-0.25, -0.2) is 14.3 Å². The van der Waals surface area contributed by atoms with Crippen LogP contribution in [0.25, 0.3) is 16.9 Å². The highest BCUT2D eigenvalue weighted by atomic mass is 16.5. The highest BCUT2D eigenvalue weighted by Crippen LogP contribution is 2.22. The van der Waals surface area contributed by atoms with Gasteiger partial charge >= 0.3 is 6.03 Å². The summed E-state index contributed by atoms with van der Waals surface area (Å²) >= 11 is 0. The molecule has 0 aliphatic carbocycles. The van der Waals surface area contributed by atoms with Crippen molar-refractivity contribution in [3.8, 4) is 23.1 Å². The van der Waals surface area contributed by atoms with E-state index in [0.717, 1.165) is 17.0 Å². The van der Waals surface area contributed by atoms with Crippen LogP contribution in [0.5, 0.6) is 5.75 Å². The third kappa shape index (κ3) is 3.25. The van der Waals surface area contributed by atoms with E-state index in [1.54, 1.807) is 23.9 Å². The molecule has 0 fully saturated rings. The summed E-state index contributed by atoms with van der Waals surface area (Å²) in [6, 6.07) is 12.6. The van der Waals surface area contributed by atoms with Gasteiger partial charge < -0.3 is 10.1 Å². The molecule has 0 spiro atoms. The van der Waals surface area contributed by atoms with Crippen LogP contribution in [0.2, 0.25) is 0 Å². The number of anilines is 1. The van der Waals surface area contributed by atoms with Crippen LogP contribution < -0.4 is 15.4 Å². The Balaban J connectivity index is 1.86. The van der Waals surface area contributed by atoms with Crippen LogP contribution in [0.15, 0.2) is 42.6 Å². The van der Waals surface area contributed by atoms with E-state index in [1.165, 1.54) is 0 Å². The summed E-state index contributed by atoms with van der Waals surface area (Å²) in [5.41, 5.74) is 2.25. The fourth-order valence-electron chi connectivity index (χ4n) is 2.16. The Hall–Kier alpha value is -3.60. The zero-order chi connectivity index (χ0) is 16.9. The number of ether oxygens (including phenoxy) is 1. The number of aromatic nitrogens is 3. The Labute approximate surface area is 137 Å². The third-order valence-electron chi connectivity index (χ3n) is 3.26. The number of fused-ring (bicyclic) bond motifs is 1. The van der Waals surface area contributed by atoms with Gasteiger partial charge in [0.25, 0.3) is 0 Å². The summed E-state index contributed by atoms with van der Waals surface area (Å²) in [4.78, 5) is 15.8. The first-order chi connectivity index (χ1) is 11.7. The zero-order valence-electron chi connectivity index (χ0n) is 12.9. The van der Waals surface area contributed by atoms with Crippen LogP contribution in [-0.4, -0.2) is 34.3 Å². The second-order valence-electron chi connectivity index (χ2n) is 4.85. The molecule has 0 unspecified atom stereocenters. The molecule has 0 bridgehead atoms. The molecule has 8 nitrogen and oxygen atoms in total. The van der Waals surface area contributed by atoms with Crippen molar-refractivity contribution in [1.82, 2.24) is 19.9 Å². The van der Waals surface area contributed by atoms with Crippen molar-refractivity contribution >= 4 is 17.5 Å². The monoisotopic (exact) mass is 322 g/mol. The fraction of sp³-hybridized carbons (Fsp3) is 0.125. The normalized spacial score (nSPS) is 10.2. The van der Waals surface area contributed by atoms with Gasteiger partial charge in [-0.05, 0) is 24.3 Å². The average molecular weight is 322 g/mol. The van der Waals surface area contributed by atoms with Gasteiger partial charge in [0, 0.05) is 5.56 Å². The van der Waals surface area contributed by atoms with E-state index in [4.69, 9.17) is 10.00 Å². The summed E-state index contributed by atoms with van der Waals surface area (Å²) < 4.78 is 6.80. The zero-order valence-corrected chi connectivity index (χ0v) is 12.9. The van der Waals surface area contributed by atoms with Crippen LogP contribution in [0.1, 0.15) is 0 Å². The number of benzene rings is 1. The lowest BCUT2D eigenvalue weighted by molar-refractivity contribution is 0.253. The van der Waals surface area contributed by atoms with E-state index in [1.807, 2.05) is 36.4 Å². The first-order valence-electron chi connectivity index (χ1n) is 7.12. The van der Waals surface area contributed by atoms with Crippen molar-refractivity contribution in [2.24, 2.45) is 0 Å². The summed E-state index contributed by atoms with van der Waals surface area (Å²) in [6.45, 7) is -0.0720. The predicted molar refractivity (Wildman–Crippen MR) is 87.6 cm³/mol. The van der Waals surface area contributed by atoms with Crippen LogP contribution in [0, 0.1) is 11.3 Å². The van der Waals surface area contributed by atoms with E-state index in [2.05, 4.69) is 20.7 Å². The molecule has 2 heterocycles. The number of imidazole rings is 1. The SMILES string of the molecule is COc1cccc(-c2ccc3nc(NC(=O)NCC#N)cn3n2)c1. The molecule has 0 aliphatic rings. The van der Waals surface area contributed by atoms with Gasteiger partial charge in [0.05, 0.1) is 25.1 Å². The summed E-state index contributed by atoms with van der Waals surface area (Å²) in [5, 5.41) is 17.9. The number of nitriles is 1. The number of carbonyl (C=O) groups is 1. The highest BCUT2D eigenvalue weighted by molar-refractivity contribution is 5.88. The number of nitrogens with one attached hydrogen (secondary N) is 2. The maximum Gasteiger partial charge on any atom is 0.321 e. The Kier molecular flexibility index (Phi) is 4.25. The van der Waals surface area contributed by atoms with Gasteiger partial charge in [0.15, 0.2) is 11.5 Å². The van der Waals surface area contributed by atoms with E-state index in [-0.39, 0.29) is 6.54 Å². The Morgan fingerprint density at radius 1 is 1.38 bits per heavy atom.